The first-order valence-corrected chi connectivity index (χ1v) is 5.39. The monoisotopic (exact) mass is 260 g/mol. The molecule has 2 rings (SSSR count). The van der Waals surface area contributed by atoms with Crippen LogP contribution < -0.4 is 5.56 Å². The zero-order chi connectivity index (χ0) is 12.6. The highest BCUT2D eigenvalue weighted by atomic mass is 32.1. The quantitative estimate of drug-likeness (QED) is 0.417. The molecule has 4 atom stereocenters. The van der Waals surface area contributed by atoms with Gasteiger partial charge in [-0.25, -0.2) is 0 Å². The van der Waals surface area contributed by atoms with Gasteiger partial charge in [-0.05, 0) is 12.2 Å². The molecule has 0 aromatic carbocycles. The van der Waals surface area contributed by atoms with Crippen molar-refractivity contribution in [2.75, 3.05) is 6.61 Å². The Morgan fingerprint density at radius 2 is 2.12 bits per heavy atom. The molecular weight excluding hydrogens is 248 g/mol. The number of aliphatic hydroxyl groups excluding tert-OH is 3. The van der Waals surface area contributed by atoms with Crippen molar-refractivity contribution in [3.05, 3.63) is 26.9 Å². The van der Waals surface area contributed by atoms with Crippen LogP contribution in [0, 0.1) is 4.77 Å². The molecule has 17 heavy (non-hydrogen) atoms. The summed E-state index contributed by atoms with van der Waals surface area (Å²) in [7, 11) is 0. The van der Waals surface area contributed by atoms with Gasteiger partial charge in [-0.2, -0.15) is 0 Å². The number of aliphatic hydroxyl groups is 3. The van der Waals surface area contributed by atoms with Crippen LogP contribution in [-0.4, -0.2) is 50.2 Å². The first-order chi connectivity index (χ1) is 8.04. The van der Waals surface area contributed by atoms with Gasteiger partial charge in [0, 0.05) is 6.20 Å². The smallest absolute Gasteiger partial charge is 0.257 e. The van der Waals surface area contributed by atoms with E-state index in [1.807, 2.05) is 0 Å². The van der Waals surface area contributed by atoms with Crippen molar-refractivity contribution in [2.45, 2.75) is 24.4 Å². The van der Waals surface area contributed by atoms with E-state index in [9.17, 15) is 15.0 Å². The van der Waals surface area contributed by atoms with Crippen molar-refractivity contribution >= 4 is 12.2 Å². The molecule has 7 nitrogen and oxygen atoms in total. The topological polar surface area (TPSA) is 119 Å². The number of nitrogens with one attached hydrogen (secondary N) is 2. The van der Waals surface area contributed by atoms with Gasteiger partial charge in [0.15, 0.2) is 4.77 Å². The Balaban J connectivity index is 2.35. The van der Waals surface area contributed by atoms with E-state index < -0.39 is 36.6 Å². The number of rotatable bonds is 2. The molecule has 0 unspecified atom stereocenters. The first kappa shape index (κ1) is 12.4. The molecule has 94 valence electrons. The molecule has 0 amide bonds. The van der Waals surface area contributed by atoms with Crippen molar-refractivity contribution in [3.8, 4) is 0 Å². The fourth-order valence-electron chi connectivity index (χ4n) is 1.79. The highest BCUT2D eigenvalue weighted by molar-refractivity contribution is 7.71. The third-order valence-corrected chi connectivity index (χ3v) is 2.92. The zero-order valence-electron chi connectivity index (χ0n) is 8.66. The highest BCUT2D eigenvalue weighted by Gasteiger charge is 2.44. The maximum Gasteiger partial charge on any atom is 0.257 e. The van der Waals surface area contributed by atoms with Crippen LogP contribution in [0.25, 0.3) is 0 Å². The van der Waals surface area contributed by atoms with E-state index in [2.05, 4.69) is 9.97 Å². The minimum atomic E-state index is -1.27. The standard InChI is InChI=1S/C9H12N2O5S/c12-2-4-5(13)6(14)7(16-4)3-1-10-9(17)11-8(3)15/h1,4-7,12-14H,2H2,(H2,10,11,15,17)/t4-,5+,6+,7+/m1/s1. The Kier molecular flexibility index (Phi) is 3.40. The molecule has 1 aromatic rings. The van der Waals surface area contributed by atoms with Crippen LogP contribution in [0.2, 0.25) is 0 Å². The van der Waals surface area contributed by atoms with E-state index in [1.54, 1.807) is 0 Å². The third kappa shape index (κ3) is 2.17. The number of aromatic nitrogens is 2. The molecule has 1 aromatic heterocycles. The number of hydrogen-bond donors (Lipinski definition) is 5. The van der Waals surface area contributed by atoms with Crippen LogP contribution in [0.5, 0.6) is 0 Å². The second-order valence-electron chi connectivity index (χ2n) is 3.79. The Morgan fingerprint density at radius 1 is 1.41 bits per heavy atom. The van der Waals surface area contributed by atoms with E-state index >= 15 is 0 Å². The lowest BCUT2D eigenvalue weighted by Crippen LogP contribution is -2.33. The normalized spacial score (nSPS) is 32.9. The molecule has 0 bridgehead atoms. The molecule has 1 saturated heterocycles. The molecule has 0 aliphatic carbocycles. The molecule has 1 aliphatic heterocycles. The van der Waals surface area contributed by atoms with Crippen molar-refractivity contribution in [1.29, 1.82) is 0 Å². The van der Waals surface area contributed by atoms with Crippen LogP contribution in [0.15, 0.2) is 11.0 Å². The van der Waals surface area contributed by atoms with Crippen LogP contribution in [-0.2, 0) is 4.74 Å². The third-order valence-electron chi connectivity index (χ3n) is 2.70. The zero-order valence-corrected chi connectivity index (χ0v) is 9.48. The second kappa shape index (κ2) is 4.67. The summed E-state index contributed by atoms with van der Waals surface area (Å²) in [6.07, 6.45) is -3.07. The summed E-state index contributed by atoms with van der Waals surface area (Å²) in [5.41, 5.74) is -0.371. The van der Waals surface area contributed by atoms with Gasteiger partial charge >= 0.3 is 0 Å². The van der Waals surface area contributed by atoms with E-state index in [-0.39, 0.29) is 10.3 Å². The van der Waals surface area contributed by atoms with Gasteiger partial charge in [0.25, 0.3) is 5.56 Å². The van der Waals surface area contributed by atoms with Crippen LogP contribution in [0.4, 0.5) is 0 Å². The average molecular weight is 260 g/mol. The summed E-state index contributed by atoms with van der Waals surface area (Å²) in [4.78, 5) is 16.6. The average Bonchev–Trinajstić information content (AvgIpc) is 2.57. The van der Waals surface area contributed by atoms with Gasteiger partial charge in [0.1, 0.15) is 24.4 Å². The molecule has 0 radical (unpaired) electrons. The van der Waals surface area contributed by atoms with Gasteiger partial charge in [-0.1, -0.05) is 0 Å². The highest BCUT2D eigenvalue weighted by Crippen LogP contribution is 2.31. The maximum absolute atomic E-state index is 11.6. The Bertz CT molecular complexity index is 513. The van der Waals surface area contributed by atoms with Gasteiger partial charge in [-0.3, -0.25) is 9.78 Å². The van der Waals surface area contributed by atoms with Crippen molar-refractivity contribution < 1.29 is 20.1 Å². The Labute approximate surface area is 101 Å². The molecule has 0 spiro atoms. The Hall–Kier alpha value is -1.06. The molecule has 0 saturated carbocycles. The van der Waals surface area contributed by atoms with Gasteiger partial charge in [-0.15, -0.1) is 0 Å². The Morgan fingerprint density at radius 3 is 2.65 bits per heavy atom. The van der Waals surface area contributed by atoms with Gasteiger partial charge < -0.3 is 25.0 Å². The van der Waals surface area contributed by atoms with Crippen LogP contribution in [0.1, 0.15) is 11.7 Å². The molecule has 8 heteroatoms. The van der Waals surface area contributed by atoms with Crippen molar-refractivity contribution in [3.63, 3.8) is 0 Å². The first-order valence-electron chi connectivity index (χ1n) is 4.99. The summed E-state index contributed by atoms with van der Waals surface area (Å²) in [5.74, 6) is 0. The van der Waals surface area contributed by atoms with Crippen molar-refractivity contribution in [1.82, 2.24) is 9.97 Å². The van der Waals surface area contributed by atoms with Crippen LogP contribution >= 0.6 is 12.2 Å². The van der Waals surface area contributed by atoms with E-state index in [4.69, 9.17) is 22.1 Å². The SMILES string of the molecule is O=c1[nH]c(=S)[nH]cc1[C@@H]1O[C@H](CO)[C@H](O)[C@@H]1O. The number of hydrogen-bond acceptors (Lipinski definition) is 6. The summed E-state index contributed by atoms with van der Waals surface area (Å²) in [6, 6.07) is 0. The molecular formula is C9H12N2O5S. The van der Waals surface area contributed by atoms with Gasteiger partial charge in [0.2, 0.25) is 0 Å². The van der Waals surface area contributed by atoms with E-state index in [0.717, 1.165) is 0 Å². The lowest BCUT2D eigenvalue weighted by Gasteiger charge is -2.13. The predicted octanol–water partition coefficient (Wildman–Crippen LogP) is -1.41. The summed E-state index contributed by atoms with van der Waals surface area (Å²) in [5, 5.41) is 28.2. The van der Waals surface area contributed by atoms with Crippen LogP contribution in [0.3, 0.4) is 0 Å². The molecule has 1 fully saturated rings. The fraction of sp³-hybridized carbons (Fsp3) is 0.556. The minimum absolute atomic E-state index is 0.126. The molecule has 5 N–H and O–H groups in total. The maximum atomic E-state index is 11.6. The van der Waals surface area contributed by atoms with Crippen molar-refractivity contribution in [2.24, 2.45) is 0 Å². The lowest BCUT2D eigenvalue weighted by atomic mass is 10.0. The largest absolute Gasteiger partial charge is 0.394 e. The van der Waals surface area contributed by atoms with E-state index in [0.29, 0.717) is 0 Å². The molecule has 1 aliphatic rings. The predicted molar refractivity (Wildman–Crippen MR) is 59.0 cm³/mol. The summed E-state index contributed by atoms with van der Waals surface area (Å²) in [6.45, 7) is -0.435. The minimum Gasteiger partial charge on any atom is -0.394 e. The summed E-state index contributed by atoms with van der Waals surface area (Å²) < 4.78 is 5.38. The van der Waals surface area contributed by atoms with E-state index in [1.165, 1.54) is 6.20 Å². The molecule has 2 heterocycles. The second-order valence-corrected chi connectivity index (χ2v) is 4.19. The van der Waals surface area contributed by atoms with Gasteiger partial charge in [0.05, 0.1) is 12.2 Å². The lowest BCUT2D eigenvalue weighted by molar-refractivity contribution is -0.0232. The summed E-state index contributed by atoms with van der Waals surface area (Å²) >= 11 is 4.73. The number of aromatic amines is 2. The number of ether oxygens (including phenoxy) is 1. The number of H-pyrrole nitrogens is 2. The fourth-order valence-corrected chi connectivity index (χ4v) is 1.94.